The molecule has 1 rings (SSSR count). The molecule has 0 aliphatic carbocycles. The molecule has 1 aromatic carbocycles. The lowest BCUT2D eigenvalue weighted by Gasteiger charge is -2.14. The fraction of sp³-hybridized carbons (Fsp3) is 0.462. The van der Waals surface area contributed by atoms with Crippen LogP contribution in [0.3, 0.4) is 0 Å². The molecule has 0 bridgehead atoms. The van der Waals surface area contributed by atoms with Gasteiger partial charge in [-0.3, -0.25) is 14.9 Å². The van der Waals surface area contributed by atoms with E-state index in [-0.39, 0.29) is 29.8 Å². The van der Waals surface area contributed by atoms with Crippen molar-refractivity contribution in [3.05, 3.63) is 39.4 Å². The van der Waals surface area contributed by atoms with Gasteiger partial charge in [-0.15, -0.1) is 0 Å². The van der Waals surface area contributed by atoms with Crippen LogP contribution in [0.15, 0.2) is 18.2 Å². The number of aliphatic hydroxyl groups excluding tert-OH is 2. The third-order valence-electron chi connectivity index (χ3n) is 2.77. The number of aliphatic hydroxyl groups is 2. The summed E-state index contributed by atoms with van der Waals surface area (Å²) in [6.07, 6.45) is -0.886. The molecule has 0 fully saturated rings. The molecule has 0 aliphatic rings. The van der Waals surface area contributed by atoms with Gasteiger partial charge in [0.25, 0.3) is 5.69 Å². The van der Waals surface area contributed by atoms with Gasteiger partial charge in [-0.25, -0.2) is 0 Å². The van der Waals surface area contributed by atoms with E-state index in [4.69, 9.17) is 5.11 Å². The number of nitro groups is 1. The number of benzene rings is 1. The SMILES string of the molecule is CC(O)CNCC(O)Cc1c(C=O)cccc1[N+](=O)[O-]. The molecule has 7 heteroatoms. The first-order valence-electron chi connectivity index (χ1n) is 6.24. The Kier molecular flexibility index (Phi) is 6.23. The predicted octanol–water partition coefficient (Wildman–Crippen LogP) is 0.281. The number of nitrogens with one attached hydrogen (secondary N) is 1. The number of nitrogens with zero attached hydrogens (tertiary/aromatic N) is 1. The Labute approximate surface area is 116 Å². The minimum absolute atomic E-state index is 0.00195. The molecule has 0 heterocycles. The number of nitro benzene ring substituents is 1. The minimum atomic E-state index is -0.881. The molecule has 0 aliphatic heterocycles. The summed E-state index contributed by atoms with van der Waals surface area (Å²) >= 11 is 0. The van der Waals surface area contributed by atoms with Crippen LogP contribution >= 0.6 is 0 Å². The molecule has 3 N–H and O–H groups in total. The average molecular weight is 282 g/mol. The maximum atomic E-state index is 10.9. The zero-order valence-corrected chi connectivity index (χ0v) is 11.2. The van der Waals surface area contributed by atoms with Gasteiger partial charge in [-0.1, -0.05) is 12.1 Å². The molecule has 7 nitrogen and oxygen atoms in total. The number of aldehydes is 1. The van der Waals surface area contributed by atoms with Crippen LogP contribution in [0, 0.1) is 10.1 Å². The Morgan fingerprint density at radius 3 is 2.65 bits per heavy atom. The first kappa shape index (κ1) is 16.2. The molecule has 0 radical (unpaired) electrons. The maximum absolute atomic E-state index is 10.9. The normalized spacial score (nSPS) is 13.8. The molecule has 110 valence electrons. The summed E-state index contributed by atoms with van der Waals surface area (Å²) in [6, 6.07) is 4.22. The summed E-state index contributed by atoms with van der Waals surface area (Å²) in [5.41, 5.74) is 0.247. The second-order valence-electron chi connectivity index (χ2n) is 4.59. The Morgan fingerprint density at radius 2 is 2.10 bits per heavy atom. The summed E-state index contributed by atoms with van der Waals surface area (Å²) < 4.78 is 0. The van der Waals surface area contributed by atoms with Gasteiger partial charge in [0.05, 0.1) is 17.1 Å². The first-order chi connectivity index (χ1) is 9.45. The Morgan fingerprint density at radius 1 is 1.40 bits per heavy atom. The van der Waals surface area contributed by atoms with E-state index in [1.807, 2.05) is 0 Å². The minimum Gasteiger partial charge on any atom is -0.392 e. The van der Waals surface area contributed by atoms with Gasteiger partial charge in [-0.2, -0.15) is 0 Å². The Bertz CT molecular complexity index is 476. The van der Waals surface area contributed by atoms with Gasteiger partial charge >= 0.3 is 0 Å². The Balaban J connectivity index is 2.79. The van der Waals surface area contributed by atoms with Crippen LogP contribution in [-0.4, -0.2) is 46.7 Å². The van der Waals surface area contributed by atoms with Crippen molar-refractivity contribution in [2.24, 2.45) is 0 Å². The van der Waals surface area contributed by atoms with Crippen LogP contribution in [-0.2, 0) is 6.42 Å². The lowest BCUT2D eigenvalue weighted by Crippen LogP contribution is -2.33. The van der Waals surface area contributed by atoms with E-state index in [2.05, 4.69) is 5.32 Å². The zero-order valence-electron chi connectivity index (χ0n) is 11.2. The molecule has 20 heavy (non-hydrogen) atoms. The van der Waals surface area contributed by atoms with Crippen molar-refractivity contribution in [1.29, 1.82) is 0 Å². The lowest BCUT2D eigenvalue weighted by atomic mass is 10.00. The maximum Gasteiger partial charge on any atom is 0.273 e. The quantitative estimate of drug-likeness (QED) is 0.358. The molecule has 0 spiro atoms. The highest BCUT2D eigenvalue weighted by Crippen LogP contribution is 2.22. The summed E-state index contributed by atoms with van der Waals surface area (Å²) in [6.45, 7) is 2.09. The first-order valence-corrected chi connectivity index (χ1v) is 6.24. The smallest absolute Gasteiger partial charge is 0.273 e. The number of carbonyl (C=O) groups excluding carboxylic acids is 1. The number of hydrogen-bond acceptors (Lipinski definition) is 6. The molecular formula is C13H18N2O5. The van der Waals surface area contributed by atoms with Crippen molar-refractivity contribution in [3.63, 3.8) is 0 Å². The van der Waals surface area contributed by atoms with Crippen LogP contribution in [0.4, 0.5) is 5.69 Å². The van der Waals surface area contributed by atoms with E-state index >= 15 is 0 Å². The summed E-state index contributed by atoms with van der Waals surface area (Å²) in [5, 5.41) is 32.7. The van der Waals surface area contributed by atoms with Crippen LogP contribution < -0.4 is 5.32 Å². The van der Waals surface area contributed by atoms with Gasteiger partial charge in [0.2, 0.25) is 0 Å². The van der Waals surface area contributed by atoms with Gasteiger partial charge in [0.15, 0.2) is 6.29 Å². The molecule has 0 saturated heterocycles. The van der Waals surface area contributed by atoms with Crippen molar-refractivity contribution in [3.8, 4) is 0 Å². The molecular weight excluding hydrogens is 264 g/mol. The molecule has 1 aromatic rings. The Hall–Kier alpha value is -1.83. The van der Waals surface area contributed by atoms with Gasteiger partial charge in [0.1, 0.15) is 0 Å². The van der Waals surface area contributed by atoms with E-state index in [9.17, 15) is 20.0 Å². The topological polar surface area (TPSA) is 113 Å². The number of carbonyl (C=O) groups is 1. The standard InChI is InChI=1S/C13H18N2O5/c1-9(17)6-14-7-11(18)5-12-10(8-16)3-2-4-13(12)15(19)20/h2-4,8-9,11,14,17-18H,5-7H2,1H3. The highest BCUT2D eigenvalue weighted by Gasteiger charge is 2.20. The van der Waals surface area contributed by atoms with Crippen molar-refractivity contribution in [2.45, 2.75) is 25.6 Å². The summed E-state index contributed by atoms with van der Waals surface area (Å²) in [5.74, 6) is 0. The number of rotatable bonds is 8. The summed E-state index contributed by atoms with van der Waals surface area (Å²) in [4.78, 5) is 21.3. The predicted molar refractivity (Wildman–Crippen MR) is 72.7 cm³/mol. The highest BCUT2D eigenvalue weighted by atomic mass is 16.6. The molecule has 0 aromatic heterocycles. The van der Waals surface area contributed by atoms with Crippen molar-refractivity contribution in [2.75, 3.05) is 13.1 Å². The van der Waals surface area contributed by atoms with E-state index in [1.165, 1.54) is 18.2 Å². The van der Waals surface area contributed by atoms with E-state index in [0.717, 1.165) is 0 Å². The van der Waals surface area contributed by atoms with E-state index < -0.39 is 17.1 Å². The van der Waals surface area contributed by atoms with E-state index in [0.29, 0.717) is 12.8 Å². The van der Waals surface area contributed by atoms with Crippen molar-refractivity contribution < 1.29 is 19.9 Å². The van der Waals surface area contributed by atoms with Crippen molar-refractivity contribution >= 4 is 12.0 Å². The highest BCUT2D eigenvalue weighted by molar-refractivity contribution is 5.79. The zero-order chi connectivity index (χ0) is 15.1. The van der Waals surface area contributed by atoms with Crippen LogP contribution in [0.5, 0.6) is 0 Å². The van der Waals surface area contributed by atoms with Crippen molar-refractivity contribution in [1.82, 2.24) is 5.32 Å². The largest absolute Gasteiger partial charge is 0.392 e. The lowest BCUT2D eigenvalue weighted by molar-refractivity contribution is -0.385. The molecule has 2 unspecified atom stereocenters. The van der Waals surface area contributed by atoms with Gasteiger partial charge in [0, 0.05) is 36.7 Å². The third-order valence-corrected chi connectivity index (χ3v) is 2.77. The van der Waals surface area contributed by atoms with Gasteiger partial charge in [-0.05, 0) is 6.92 Å². The molecule has 2 atom stereocenters. The fourth-order valence-corrected chi connectivity index (χ4v) is 1.86. The summed E-state index contributed by atoms with van der Waals surface area (Å²) in [7, 11) is 0. The third kappa shape index (κ3) is 4.69. The van der Waals surface area contributed by atoms with E-state index in [1.54, 1.807) is 6.92 Å². The second-order valence-corrected chi connectivity index (χ2v) is 4.59. The number of hydrogen-bond donors (Lipinski definition) is 3. The van der Waals surface area contributed by atoms with Crippen LogP contribution in [0.2, 0.25) is 0 Å². The monoisotopic (exact) mass is 282 g/mol. The van der Waals surface area contributed by atoms with Crippen LogP contribution in [0.25, 0.3) is 0 Å². The average Bonchev–Trinajstić information content (AvgIpc) is 2.38. The second kappa shape index (κ2) is 7.68. The molecule has 0 amide bonds. The molecule has 0 saturated carbocycles. The van der Waals surface area contributed by atoms with Crippen LogP contribution in [0.1, 0.15) is 22.8 Å². The fourth-order valence-electron chi connectivity index (χ4n) is 1.86. The van der Waals surface area contributed by atoms with Gasteiger partial charge < -0.3 is 15.5 Å².